The van der Waals surface area contributed by atoms with Crippen molar-refractivity contribution in [2.24, 2.45) is 5.73 Å². The van der Waals surface area contributed by atoms with Gasteiger partial charge in [0.1, 0.15) is 0 Å². The predicted molar refractivity (Wildman–Crippen MR) is 67.9 cm³/mol. The predicted octanol–water partition coefficient (Wildman–Crippen LogP) is 3.61. The van der Waals surface area contributed by atoms with Crippen LogP contribution in [-0.4, -0.2) is 6.04 Å². The summed E-state index contributed by atoms with van der Waals surface area (Å²) in [6, 6.07) is 9.11. The standard InChI is InChI=1S/C13H18BrN/c1-10(15)6-7-13(8-9-13)11-2-4-12(14)5-3-11/h2-5,10H,6-9,15H2,1H3. The van der Waals surface area contributed by atoms with Crippen molar-refractivity contribution in [1.29, 1.82) is 0 Å². The summed E-state index contributed by atoms with van der Waals surface area (Å²) >= 11 is 3.47. The van der Waals surface area contributed by atoms with Gasteiger partial charge in [-0.05, 0) is 55.7 Å². The Morgan fingerprint density at radius 2 is 1.93 bits per heavy atom. The van der Waals surface area contributed by atoms with Crippen LogP contribution in [0.5, 0.6) is 0 Å². The zero-order valence-corrected chi connectivity index (χ0v) is 10.8. The fourth-order valence-electron chi connectivity index (χ4n) is 2.14. The second-order valence-electron chi connectivity index (χ2n) is 4.80. The van der Waals surface area contributed by atoms with Gasteiger partial charge < -0.3 is 5.73 Å². The van der Waals surface area contributed by atoms with Crippen LogP contribution >= 0.6 is 15.9 Å². The smallest absolute Gasteiger partial charge is 0.0175 e. The molecule has 1 unspecified atom stereocenters. The highest BCUT2D eigenvalue weighted by molar-refractivity contribution is 9.10. The van der Waals surface area contributed by atoms with Gasteiger partial charge in [-0.2, -0.15) is 0 Å². The van der Waals surface area contributed by atoms with Gasteiger partial charge in [-0.1, -0.05) is 28.1 Å². The van der Waals surface area contributed by atoms with E-state index in [9.17, 15) is 0 Å². The maximum absolute atomic E-state index is 5.82. The second kappa shape index (κ2) is 4.26. The number of hydrogen-bond donors (Lipinski definition) is 1. The molecule has 15 heavy (non-hydrogen) atoms. The van der Waals surface area contributed by atoms with Gasteiger partial charge in [-0.3, -0.25) is 0 Å². The number of nitrogens with two attached hydrogens (primary N) is 1. The van der Waals surface area contributed by atoms with E-state index in [-0.39, 0.29) is 0 Å². The largest absolute Gasteiger partial charge is 0.328 e. The Morgan fingerprint density at radius 3 is 2.40 bits per heavy atom. The fourth-order valence-corrected chi connectivity index (χ4v) is 2.41. The molecule has 0 aromatic heterocycles. The second-order valence-corrected chi connectivity index (χ2v) is 5.72. The third-order valence-electron chi connectivity index (χ3n) is 3.39. The Balaban J connectivity index is 2.06. The molecule has 2 rings (SSSR count). The lowest BCUT2D eigenvalue weighted by molar-refractivity contribution is 0.533. The molecule has 0 aliphatic heterocycles. The number of benzene rings is 1. The Labute approximate surface area is 100 Å². The van der Waals surface area contributed by atoms with Crippen LogP contribution < -0.4 is 5.73 Å². The maximum Gasteiger partial charge on any atom is 0.0175 e. The van der Waals surface area contributed by atoms with Crippen LogP contribution in [0, 0.1) is 0 Å². The first-order valence-electron chi connectivity index (χ1n) is 5.64. The lowest BCUT2D eigenvalue weighted by Gasteiger charge is -2.17. The van der Waals surface area contributed by atoms with Gasteiger partial charge >= 0.3 is 0 Å². The quantitative estimate of drug-likeness (QED) is 0.887. The van der Waals surface area contributed by atoms with E-state index in [0.717, 1.165) is 10.9 Å². The molecule has 1 aliphatic carbocycles. The molecule has 0 saturated heterocycles. The van der Waals surface area contributed by atoms with E-state index in [2.05, 4.69) is 47.1 Å². The summed E-state index contributed by atoms with van der Waals surface area (Å²) in [5.41, 5.74) is 7.78. The first kappa shape index (κ1) is 11.2. The summed E-state index contributed by atoms with van der Waals surface area (Å²) in [6.45, 7) is 2.09. The third kappa shape index (κ3) is 2.61. The van der Waals surface area contributed by atoms with Crippen molar-refractivity contribution in [3.63, 3.8) is 0 Å². The number of halogens is 1. The van der Waals surface area contributed by atoms with Gasteiger partial charge in [0.05, 0.1) is 0 Å². The third-order valence-corrected chi connectivity index (χ3v) is 3.92. The highest BCUT2D eigenvalue weighted by atomic mass is 79.9. The first-order valence-corrected chi connectivity index (χ1v) is 6.43. The lowest BCUT2D eigenvalue weighted by Crippen LogP contribution is -2.18. The van der Waals surface area contributed by atoms with E-state index >= 15 is 0 Å². The van der Waals surface area contributed by atoms with Crippen molar-refractivity contribution in [1.82, 2.24) is 0 Å². The van der Waals surface area contributed by atoms with Crippen LogP contribution in [0.15, 0.2) is 28.7 Å². The SMILES string of the molecule is CC(N)CCC1(c2ccc(Br)cc2)CC1. The summed E-state index contributed by atoms with van der Waals surface area (Å²) in [6.07, 6.45) is 5.05. The first-order chi connectivity index (χ1) is 7.12. The summed E-state index contributed by atoms with van der Waals surface area (Å²) in [5, 5.41) is 0. The normalized spacial score (nSPS) is 19.9. The van der Waals surface area contributed by atoms with Crippen molar-refractivity contribution in [2.45, 2.75) is 44.1 Å². The molecule has 0 bridgehead atoms. The van der Waals surface area contributed by atoms with E-state index in [1.165, 1.54) is 24.8 Å². The number of rotatable bonds is 4. The molecule has 1 aromatic rings. The van der Waals surface area contributed by atoms with Crippen LogP contribution in [0.1, 0.15) is 38.2 Å². The molecule has 82 valence electrons. The number of hydrogen-bond acceptors (Lipinski definition) is 1. The fraction of sp³-hybridized carbons (Fsp3) is 0.538. The molecular formula is C13H18BrN. The molecular weight excluding hydrogens is 250 g/mol. The van der Waals surface area contributed by atoms with Crippen LogP contribution in [-0.2, 0) is 5.41 Å². The monoisotopic (exact) mass is 267 g/mol. The van der Waals surface area contributed by atoms with Gasteiger partial charge in [-0.25, -0.2) is 0 Å². The van der Waals surface area contributed by atoms with Gasteiger partial charge in [0.15, 0.2) is 0 Å². The minimum Gasteiger partial charge on any atom is -0.328 e. The van der Waals surface area contributed by atoms with Gasteiger partial charge in [0, 0.05) is 10.5 Å². The molecule has 1 aromatic carbocycles. The molecule has 0 spiro atoms. The van der Waals surface area contributed by atoms with Gasteiger partial charge in [0.25, 0.3) is 0 Å². The van der Waals surface area contributed by atoms with E-state index in [1.54, 1.807) is 0 Å². The topological polar surface area (TPSA) is 26.0 Å². The van der Waals surface area contributed by atoms with Crippen molar-refractivity contribution in [3.8, 4) is 0 Å². The lowest BCUT2D eigenvalue weighted by atomic mass is 9.90. The molecule has 0 amide bonds. The highest BCUT2D eigenvalue weighted by Gasteiger charge is 2.43. The van der Waals surface area contributed by atoms with Crippen molar-refractivity contribution in [2.75, 3.05) is 0 Å². The van der Waals surface area contributed by atoms with Crippen LogP contribution in [0.25, 0.3) is 0 Å². The average Bonchev–Trinajstić information content (AvgIpc) is 2.97. The molecule has 0 heterocycles. The van der Waals surface area contributed by atoms with Crippen molar-refractivity contribution in [3.05, 3.63) is 34.3 Å². The average molecular weight is 268 g/mol. The molecule has 2 N–H and O–H groups in total. The summed E-state index contributed by atoms with van der Waals surface area (Å²) < 4.78 is 1.16. The van der Waals surface area contributed by atoms with Gasteiger partial charge in [0.2, 0.25) is 0 Å². The Kier molecular flexibility index (Phi) is 3.17. The molecule has 1 saturated carbocycles. The minimum absolute atomic E-state index is 0.331. The van der Waals surface area contributed by atoms with Gasteiger partial charge in [-0.15, -0.1) is 0 Å². The van der Waals surface area contributed by atoms with Crippen molar-refractivity contribution >= 4 is 15.9 Å². The Hall–Kier alpha value is -0.340. The summed E-state index contributed by atoms with van der Waals surface area (Å²) in [4.78, 5) is 0. The van der Waals surface area contributed by atoms with Crippen LogP contribution in [0.3, 0.4) is 0 Å². The van der Waals surface area contributed by atoms with E-state index < -0.39 is 0 Å². The molecule has 0 radical (unpaired) electrons. The van der Waals surface area contributed by atoms with E-state index in [0.29, 0.717) is 11.5 Å². The summed E-state index contributed by atoms with van der Waals surface area (Å²) in [5.74, 6) is 0. The summed E-state index contributed by atoms with van der Waals surface area (Å²) in [7, 11) is 0. The minimum atomic E-state index is 0.331. The highest BCUT2D eigenvalue weighted by Crippen LogP contribution is 2.51. The Bertz CT molecular complexity index is 325. The molecule has 2 heteroatoms. The zero-order valence-electron chi connectivity index (χ0n) is 9.17. The van der Waals surface area contributed by atoms with Crippen molar-refractivity contribution < 1.29 is 0 Å². The van der Waals surface area contributed by atoms with Crippen LogP contribution in [0.4, 0.5) is 0 Å². The maximum atomic E-state index is 5.82. The molecule has 1 nitrogen and oxygen atoms in total. The zero-order chi connectivity index (χ0) is 10.9. The van der Waals surface area contributed by atoms with E-state index in [4.69, 9.17) is 5.73 Å². The van der Waals surface area contributed by atoms with E-state index in [1.807, 2.05) is 0 Å². The molecule has 1 atom stereocenters. The van der Waals surface area contributed by atoms with Crippen LogP contribution in [0.2, 0.25) is 0 Å². The molecule has 1 fully saturated rings. The Morgan fingerprint density at radius 1 is 1.33 bits per heavy atom. The molecule has 1 aliphatic rings.